The van der Waals surface area contributed by atoms with E-state index in [2.05, 4.69) is 0 Å². The zero-order chi connectivity index (χ0) is 13.2. The topological polar surface area (TPSA) is 66.8 Å². The Labute approximate surface area is 105 Å². The summed E-state index contributed by atoms with van der Waals surface area (Å²) in [5.41, 5.74) is 1.02. The number of aliphatic hydroxyl groups is 1. The molecular formula is C12H15ClO4. The maximum atomic E-state index is 10.8. The Morgan fingerprint density at radius 1 is 1.41 bits per heavy atom. The van der Waals surface area contributed by atoms with Gasteiger partial charge in [0.1, 0.15) is 5.75 Å². The number of methoxy groups -OCH3 is 1. The monoisotopic (exact) mass is 258 g/mol. The molecule has 1 aromatic carbocycles. The van der Waals surface area contributed by atoms with Crippen LogP contribution in [0.3, 0.4) is 0 Å². The summed E-state index contributed by atoms with van der Waals surface area (Å²) in [6, 6.07) is 3.33. The molecule has 17 heavy (non-hydrogen) atoms. The third-order valence-corrected chi connectivity index (χ3v) is 2.91. The molecule has 0 saturated heterocycles. The summed E-state index contributed by atoms with van der Waals surface area (Å²) >= 11 is 5.98. The lowest BCUT2D eigenvalue weighted by atomic mass is 9.98. The fraction of sp³-hybridized carbons (Fsp3) is 0.417. The summed E-state index contributed by atoms with van der Waals surface area (Å²) in [5, 5.41) is 18.5. The Morgan fingerprint density at radius 2 is 2.00 bits per heavy atom. The van der Waals surface area contributed by atoms with E-state index < -0.39 is 12.1 Å². The molecule has 4 nitrogen and oxygen atoms in total. The summed E-state index contributed by atoms with van der Waals surface area (Å²) < 4.78 is 5.07. The van der Waals surface area contributed by atoms with Gasteiger partial charge in [-0.25, -0.2) is 4.79 Å². The first-order valence-corrected chi connectivity index (χ1v) is 5.54. The van der Waals surface area contributed by atoms with Crippen molar-refractivity contribution in [2.24, 2.45) is 0 Å². The molecule has 94 valence electrons. The van der Waals surface area contributed by atoms with Gasteiger partial charge in [0.05, 0.1) is 12.1 Å². The van der Waals surface area contributed by atoms with E-state index in [0.29, 0.717) is 5.75 Å². The largest absolute Gasteiger partial charge is 0.495 e. The van der Waals surface area contributed by atoms with Crippen LogP contribution in [0.1, 0.15) is 37.0 Å². The number of carboxylic acids is 1. The van der Waals surface area contributed by atoms with Gasteiger partial charge < -0.3 is 14.9 Å². The average Bonchev–Trinajstić information content (AvgIpc) is 2.27. The average molecular weight is 259 g/mol. The quantitative estimate of drug-likeness (QED) is 0.871. The number of hydrogen-bond acceptors (Lipinski definition) is 3. The molecule has 1 atom stereocenters. The SMILES string of the molecule is COc1cc(C(C)C)cc(C(O)C(=O)O)c1Cl. The van der Waals surface area contributed by atoms with E-state index in [9.17, 15) is 9.90 Å². The van der Waals surface area contributed by atoms with Crippen molar-refractivity contribution < 1.29 is 19.7 Å². The third-order valence-electron chi connectivity index (χ3n) is 2.50. The van der Waals surface area contributed by atoms with Crippen LogP contribution in [0.5, 0.6) is 5.75 Å². The standard InChI is InChI=1S/C12H15ClO4/c1-6(2)7-4-8(11(14)12(15)16)10(13)9(5-7)17-3/h4-6,11,14H,1-3H3,(H,15,16). The lowest BCUT2D eigenvalue weighted by Gasteiger charge is -2.15. The van der Waals surface area contributed by atoms with Gasteiger partial charge in [0, 0.05) is 5.56 Å². The van der Waals surface area contributed by atoms with Gasteiger partial charge in [-0.1, -0.05) is 31.5 Å². The van der Waals surface area contributed by atoms with Crippen molar-refractivity contribution in [3.05, 3.63) is 28.3 Å². The van der Waals surface area contributed by atoms with Crippen LogP contribution in [0.4, 0.5) is 0 Å². The Morgan fingerprint density at radius 3 is 2.41 bits per heavy atom. The number of ether oxygens (including phenoxy) is 1. The Balaban J connectivity index is 3.37. The molecule has 0 aliphatic rings. The summed E-state index contributed by atoms with van der Waals surface area (Å²) in [5.74, 6) is -0.788. The summed E-state index contributed by atoms with van der Waals surface area (Å²) in [6.45, 7) is 3.92. The number of aliphatic carboxylic acids is 1. The van der Waals surface area contributed by atoms with Crippen LogP contribution >= 0.6 is 11.6 Å². The van der Waals surface area contributed by atoms with Gasteiger partial charge >= 0.3 is 5.97 Å². The van der Waals surface area contributed by atoms with Gasteiger partial charge in [0.25, 0.3) is 0 Å². The van der Waals surface area contributed by atoms with Gasteiger partial charge in [0.2, 0.25) is 0 Å². The number of hydrogen-bond donors (Lipinski definition) is 2. The van der Waals surface area contributed by atoms with Crippen LogP contribution < -0.4 is 4.74 Å². The second-order valence-electron chi connectivity index (χ2n) is 4.02. The van der Waals surface area contributed by atoms with Gasteiger partial charge in [0.15, 0.2) is 6.10 Å². The number of aliphatic hydroxyl groups excluding tert-OH is 1. The van der Waals surface area contributed by atoms with Crippen LogP contribution in [-0.4, -0.2) is 23.3 Å². The number of benzene rings is 1. The highest BCUT2D eigenvalue weighted by atomic mass is 35.5. The third kappa shape index (κ3) is 2.90. The molecule has 5 heteroatoms. The highest BCUT2D eigenvalue weighted by Crippen LogP contribution is 2.35. The van der Waals surface area contributed by atoms with Crippen molar-refractivity contribution in [2.75, 3.05) is 7.11 Å². The lowest BCUT2D eigenvalue weighted by molar-refractivity contribution is -0.146. The van der Waals surface area contributed by atoms with Gasteiger partial charge in [-0.2, -0.15) is 0 Å². The van der Waals surface area contributed by atoms with E-state index in [0.717, 1.165) is 5.56 Å². The zero-order valence-electron chi connectivity index (χ0n) is 9.90. The van der Waals surface area contributed by atoms with E-state index in [1.54, 1.807) is 12.1 Å². The van der Waals surface area contributed by atoms with Gasteiger partial charge in [-0.05, 0) is 17.5 Å². The Hall–Kier alpha value is -1.26. The minimum absolute atomic E-state index is 0.131. The first-order chi connectivity index (χ1) is 7.88. The maximum absolute atomic E-state index is 10.8. The molecule has 0 fully saturated rings. The molecule has 1 aromatic rings. The number of carboxylic acid groups (broad SMARTS) is 1. The lowest BCUT2D eigenvalue weighted by Crippen LogP contribution is -2.12. The van der Waals surface area contributed by atoms with Crippen LogP contribution in [-0.2, 0) is 4.79 Å². The van der Waals surface area contributed by atoms with Crippen molar-refractivity contribution in [1.82, 2.24) is 0 Å². The van der Waals surface area contributed by atoms with Crippen LogP contribution in [0.15, 0.2) is 12.1 Å². The highest BCUT2D eigenvalue weighted by molar-refractivity contribution is 6.33. The fourth-order valence-electron chi connectivity index (χ4n) is 1.46. The summed E-state index contributed by atoms with van der Waals surface area (Å²) in [6.07, 6.45) is -1.64. The van der Waals surface area contributed by atoms with E-state index in [4.69, 9.17) is 21.4 Å². The molecule has 0 radical (unpaired) electrons. The summed E-state index contributed by atoms with van der Waals surface area (Å²) in [7, 11) is 1.45. The molecule has 0 amide bonds. The summed E-state index contributed by atoms with van der Waals surface area (Å²) in [4.78, 5) is 10.8. The van der Waals surface area contributed by atoms with Gasteiger partial charge in [-0.3, -0.25) is 0 Å². The molecule has 0 aliphatic heterocycles. The molecule has 0 spiro atoms. The van der Waals surface area contributed by atoms with Crippen molar-refractivity contribution in [3.8, 4) is 5.75 Å². The van der Waals surface area contributed by atoms with E-state index in [-0.39, 0.29) is 16.5 Å². The molecular weight excluding hydrogens is 244 g/mol. The smallest absolute Gasteiger partial charge is 0.337 e. The number of halogens is 1. The van der Waals surface area contributed by atoms with Crippen LogP contribution in [0, 0.1) is 0 Å². The van der Waals surface area contributed by atoms with Crippen molar-refractivity contribution >= 4 is 17.6 Å². The highest BCUT2D eigenvalue weighted by Gasteiger charge is 2.22. The van der Waals surface area contributed by atoms with E-state index in [1.807, 2.05) is 13.8 Å². The van der Waals surface area contributed by atoms with Crippen molar-refractivity contribution in [1.29, 1.82) is 0 Å². The predicted molar refractivity (Wildman–Crippen MR) is 64.7 cm³/mol. The van der Waals surface area contributed by atoms with Crippen molar-refractivity contribution in [3.63, 3.8) is 0 Å². The van der Waals surface area contributed by atoms with E-state index in [1.165, 1.54) is 7.11 Å². The van der Waals surface area contributed by atoms with Gasteiger partial charge in [-0.15, -0.1) is 0 Å². The molecule has 0 heterocycles. The molecule has 0 aliphatic carbocycles. The first kappa shape index (κ1) is 13.8. The fourth-order valence-corrected chi connectivity index (χ4v) is 1.75. The Kier molecular flexibility index (Phi) is 4.37. The Bertz CT molecular complexity index is 429. The molecule has 1 unspecified atom stereocenters. The van der Waals surface area contributed by atoms with Crippen LogP contribution in [0.25, 0.3) is 0 Å². The van der Waals surface area contributed by atoms with Crippen molar-refractivity contribution in [2.45, 2.75) is 25.9 Å². The van der Waals surface area contributed by atoms with E-state index >= 15 is 0 Å². The second-order valence-corrected chi connectivity index (χ2v) is 4.40. The number of rotatable bonds is 4. The molecule has 2 N–H and O–H groups in total. The molecule has 1 rings (SSSR count). The normalized spacial score (nSPS) is 12.6. The predicted octanol–water partition coefficient (Wildman–Crippen LogP) is 2.59. The minimum Gasteiger partial charge on any atom is -0.495 e. The first-order valence-electron chi connectivity index (χ1n) is 5.16. The zero-order valence-corrected chi connectivity index (χ0v) is 10.7. The second kappa shape index (κ2) is 5.38. The molecule has 0 saturated carbocycles. The maximum Gasteiger partial charge on any atom is 0.337 e. The number of carbonyl (C=O) groups is 1. The van der Waals surface area contributed by atoms with Crippen LogP contribution in [0.2, 0.25) is 5.02 Å². The molecule has 0 bridgehead atoms. The molecule has 0 aromatic heterocycles. The minimum atomic E-state index is -1.64.